The van der Waals surface area contributed by atoms with Gasteiger partial charge in [0.1, 0.15) is 5.82 Å². The number of nitrogens with one attached hydrogen (secondary N) is 1. The first-order chi connectivity index (χ1) is 14.4. The highest BCUT2D eigenvalue weighted by Crippen LogP contribution is 2.30. The van der Waals surface area contributed by atoms with Crippen molar-refractivity contribution in [2.75, 3.05) is 0 Å². The molecule has 4 nitrogen and oxygen atoms in total. The minimum Gasteiger partial charge on any atom is -0.318 e. The molecule has 1 fully saturated rings. The lowest BCUT2D eigenvalue weighted by atomic mass is 10.2. The van der Waals surface area contributed by atoms with Gasteiger partial charge in [-0.15, -0.1) is 0 Å². The molecule has 2 aromatic carbocycles. The van der Waals surface area contributed by atoms with Crippen LogP contribution in [0.2, 0.25) is 0 Å². The van der Waals surface area contributed by atoms with E-state index in [1.165, 1.54) is 29.5 Å². The van der Waals surface area contributed by atoms with E-state index < -0.39 is 0 Å². The number of carbonyl (C=O) groups excluding carboxylic acids is 1. The first-order valence-electron chi connectivity index (χ1n) is 9.78. The summed E-state index contributed by atoms with van der Waals surface area (Å²) in [6.07, 6.45) is 2.84. The zero-order valence-electron chi connectivity index (χ0n) is 17.1. The van der Waals surface area contributed by atoms with Crippen LogP contribution in [0.4, 0.5) is 10.1 Å². The summed E-state index contributed by atoms with van der Waals surface area (Å²) in [5, 5.41) is 3.39. The van der Waals surface area contributed by atoms with Gasteiger partial charge in [0.25, 0.3) is 5.91 Å². The molecule has 1 saturated heterocycles. The summed E-state index contributed by atoms with van der Waals surface area (Å²) >= 11 is 1.32. The molecule has 0 bridgehead atoms. The lowest BCUT2D eigenvalue weighted by molar-refractivity contribution is -0.115. The maximum Gasteiger partial charge on any atom is 0.264 e. The molecule has 2 heterocycles. The molecule has 0 saturated carbocycles. The SMILES string of the molecule is CCc1ccc(N=C2NC(=O)/C(=C/c3cc(C)n(-c4cccc(F)c4)c3C)S2)cc1. The van der Waals surface area contributed by atoms with Gasteiger partial charge in [-0.05, 0) is 85.6 Å². The van der Waals surface area contributed by atoms with Crippen LogP contribution in [0, 0.1) is 19.7 Å². The zero-order chi connectivity index (χ0) is 21.3. The molecule has 3 aromatic rings. The third kappa shape index (κ3) is 4.09. The van der Waals surface area contributed by atoms with Crippen molar-refractivity contribution in [1.82, 2.24) is 9.88 Å². The molecular formula is C24H22FN3OS. The van der Waals surface area contributed by atoms with Crippen LogP contribution in [0.25, 0.3) is 11.8 Å². The topological polar surface area (TPSA) is 46.4 Å². The fourth-order valence-electron chi connectivity index (χ4n) is 3.49. The van der Waals surface area contributed by atoms with E-state index in [1.807, 2.05) is 60.9 Å². The Kier molecular flexibility index (Phi) is 5.59. The van der Waals surface area contributed by atoms with Crippen LogP contribution in [0.1, 0.15) is 29.4 Å². The summed E-state index contributed by atoms with van der Waals surface area (Å²) < 4.78 is 15.7. The Morgan fingerprint density at radius 3 is 2.60 bits per heavy atom. The smallest absolute Gasteiger partial charge is 0.264 e. The third-order valence-corrected chi connectivity index (χ3v) is 5.96. The number of aryl methyl sites for hydroxylation is 2. The molecule has 1 amide bonds. The number of hydrogen-bond donors (Lipinski definition) is 1. The van der Waals surface area contributed by atoms with Crippen molar-refractivity contribution in [2.24, 2.45) is 4.99 Å². The molecule has 0 atom stereocenters. The molecule has 1 aliphatic rings. The zero-order valence-corrected chi connectivity index (χ0v) is 17.9. The van der Waals surface area contributed by atoms with E-state index in [4.69, 9.17) is 0 Å². The van der Waals surface area contributed by atoms with E-state index in [1.54, 1.807) is 6.07 Å². The number of rotatable bonds is 4. The van der Waals surface area contributed by atoms with Crippen molar-refractivity contribution in [1.29, 1.82) is 0 Å². The number of halogens is 1. The van der Waals surface area contributed by atoms with Gasteiger partial charge in [0.2, 0.25) is 0 Å². The van der Waals surface area contributed by atoms with Crippen LogP contribution >= 0.6 is 11.8 Å². The van der Waals surface area contributed by atoms with Gasteiger partial charge in [-0.2, -0.15) is 0 Å². The maximum atomic E-state index is 13.7. The summed E-state index contributed by atoms with van der Waals surface area (Å²) in [7, 11) is 0. The van der Waals surface area contributed by atoms with Gasteiger partial charge in [0, 0.05) is 17.1 Å². The highest BCUT2D eigenvalue weighted by molar-refractivity contribution is 8.18. The minimum absolute atomic E-state index is 0.167. The van der Waals surface area contributed by atoms with Gasteiger partial charge < -0.3 is 9.88 Å². The summed E-state index contributed by atoms with van der Waals surface area (Å²) in [5.41, 5.74) is 5.65. The molecule has 6 heteroatoms. The average Bonchev–Trinajstić information content (AvgIpc) is 3.20. The molecule has 152 valence electrons. The van der Waals surface area contributed by atoms with E-state index in [0.717, 1.165) is 34.7 Å². The lowest BCUT2D eigenvalue weighted by Gasteiger charge is -2.09. The molecule has 30 heavy (non-hydrogen) atoms. The van der Waals surface area contributed by atoms with Crippen LogP contribution in [0.3, 0.4) is 0 Å². The van der Waals surface area contributed by atoms with Gasteiger partial charge in [-0.25, -0.2) is 9.38 Å². The summed E-state index contributed by atoms with van der Waals surface area (Å²) in [6, 6.07) is 16.5. The van der Waals surface area contributed by atoms with Gasteiger partial charge >= 0.3 is 0 Å². The largest absolute Gasteiger partial charge is 0.318 e. The van der Waals surface area contributed by atoms with Crippen LogP contribution < -0.4 is 5.32 Å². The van der Waals surface area contributed by atoms with Gasteiger partial charge in [0.05, 0.1) is 10.6 Å². The van der Waals surface area contributed by atoms with Crippen molar-refractivity contribution in [2.45, 2.75) is 27.2 Å². The second-order valence-corrected chi connectivity index (χ2v) is 8.17. The molecule has 1 aliphatic heterocycles. The molecule has 4 rings (SSSR count). The molecular weight excluding hydrogens is 397 g/mol. The highest BCUT2D eigenvalue weighted by Gasteiger charge is 2.24. The number of aliphatic imine (C=N–C) groups is 1. The van der Waals surface area contributed by atoms with Crippen LogP contribution in [-0.2, 0) is 11.2 Å². The van der Waals surface area contributed by atoms with Crippen molar-refractivity contribution >= 4 is 34.6 Å². The molecule has 0 aliphatic carbocycles. The number of carbonyl (C=O) groups is 1. The van der Waals surface area contributed by atoms with Gasteiger partial charge in [0.15, 0.2) is 5.17 Å². The van der Waals surface area contributed by atoms with Crippen molar-refractivity contribution < 1.29 is 9.18 Å². The highest BCUT2D eigenvalue weighted by atomic mass is 32.2. The normalized spacial score (nSPS) is 16.5. The van der Waals surface area contributed by atoms with E-state index in [9.17, 15) is 9.18 Å². The summed E-state index contributed by atoms with van der Waals surface area (Å²) in [6.45, 7) is 6.04. The number of amides is 1. The Balaban J connectivity index is 1.61. The molecule has 0 unspecified atom stereocenters. The second-order valence-electron chi connectivity index (χ2n) is 7.14. The minimum atomic E-state index is -0.279. The predicted octanol–water partition coefficient (Wildman–Crippen LogP) is 5.69. The first-order valence-corrected chi connectivity index (χ1v) is 10.6. The fraction of sp³-hybridized carbons (Fsp3) is 0.167. The number of hydrogen-bond acceptors (Lipinski definition) is 3. The van der Waals surface area contributed by atoms with Gasteiger partial charge in [-0.3, -0.25) is 4.79 Å². The second kappa shape index (κ2) is 8.32. The average molecular weight is 420 g/mol. The maximum absolute atomic E-state index is 13.7. The van der Waals surface area contributed by atoms with Crippen LogP contribution in [-0.4, -0.2) is 15.6 Å². The molecule has 0 spiro atoms. The molecule has 0 radical (unpaired) electrons. The van der Waals surface area contributed by atoms with E-state index in [0.29, 0.717) is 10.1 Å². The Morgan fingerprint density at radius 2 is 1.90 bits per heavy atom. The van der Waals surface area contributed by atoms with Crippen molar-refractivity contribution in [3.63, 3.8) is 0 Å². The quantitative estimate of drug-likeness (QED) is 0.553. The Hall–Kier alpha value is -3.12. The van der Waals surface area contributed by atoms with E-state index >= 15 is 0 Å². The monoisotopic (exact) mass is 419 g/mol. The van der Waals surface area contributed by atoms with E-state index in [-0.39, 0.29) is 11.7 Å². The Labute approximate surface area is 179 Å². The molecule has 1 aromatic heterocycles. The summed E-state index contributed by atoms with van der Waals surface area (Å²) in [5.74, 6) is -0.446. The predicted molar refractivity (Wildman–Crippen MR) is 122 cm³/mol. The number of aromatic nitrogens is 1. The van der Waals surface area contributed by atoms with E-state index in [2.05, 4.69) is 17.2 Å². The number of amidine groups is 1. The Bertz CT molecular complexity index is 1180. The number of nitrogens with zero attached hydrogens (tertiary/aromatic N) is 2. The molecule has 1 N–H and O–H groups in total. The summed E-state index contributed by atoms with van der Waals surface area (Å²) in [4.78, 5) is 17.6. The lowest BCUT2D eigenvalue weighted by Crippen LogP contribution is -2.19. The van der Waals surface area contributed by atoms with Crippen molar-refractivity contribution in [3.8, 4) is 5.69 Å². The Morgan fingerprint density at radius 1 is 1.13 bits per heavy atom. The first kappa shape index (κ1) is 20.2. The van der Waals surface area contributed by atoms with Crippen LogP contribution in [0.15, 0.2) is 64.5 Å². The van der Waals surface area contributed by atoms with Crippen LogP contribution in [0.5, 0.6) is 0 Å². The van der Waals surface area contributed by atoms with Gasteiger partial charge in [-0.1, -0.05) is 25.1 Å². The fourth-order valence-corrected chi connectivity index (χ4v) is 4.32. The van der Waals surface area contributed by atoms with Crippen molar-refractivity contribution in [3.05, 3.63) is 87.8 Å². The third-order valence-electron chi connectivity index (χ3n) is 5.05. The number of thioether (sulfide) groups is 1. The number of benzene rings is 2. The standard InChI is InChI=1S/C24H22FN3OS/c1-4-17-8-10-20(11-9-17)26-24-27-23(29)22(30-24)13-18-12-15(2)28(16(18)3)21-7-5-6-19(25)14-21/h5-14H,4H2,1-3H3,(H,26,27,29)/b22-13-.